The smallest absolute Gasteiger partial charge is 0.335 e. The summed E-state index contributed by atoms with van der Waals surface area (Å²) in [7, 11) is 1.41. The fourth-order valence-electron chi connectivity index (χ4n) is 2.03. The number of hydrogen-bond donors (Lipinski definition) is 2. The number of methoxy groups -OCH3 is 1. The minimum Gasteiger partial charge on any atom is -0.494 e. The van der Waals surface area contributed by atoms with Crippen LogP contribution >= 0.6 is 0 Å². The molecule has 0 spiro atoms. The summed E-state index contributed by atoms with van der Waals surface area (Å²) in [6.07, 6.45) is 0. The summed E-state index contributed by atoms with van der Waals surface area (Å²) in [5.74, 6) is -1.22. The predicted octanol–water partition coefficient (Wildman–Crippen LogP) is 3.71. The lowest BCUT2D eigenvalue weighted by Crippen LogP contribution is -2.08. The first-order valence-corrected chi connectivity index (χ1v) is 6.44. The number of hydrogen-bond acceptors (Lipinski definition) is 3. The average Bonchev–Trinajstić information content (AvgIpc) is 2.47. The van der Waals surface area contributed by atoms with Gasteiger partial charge in [-0.15, -0.1) is 0 Å². The lowest BCUT2D eigenvalue weighted by Gasteiger charge is -2.16. The third kappa shape index (κ3) is 3.51. The van der Waals surface area contributed by atoms with E-state index in [1.807, 2.05) is 6.92 Å². The number of carboxylic acid groups (broad SMARTS) is 1. The van der Waals surface area contributed by atoms with Gasteiger partial charge in [-0.1, -0.05) is 12.1 Å². The van der Waals surface area contributed by atoms with Crippen molar-refractivity contribution in [2.24, 2.45) is 0 Å². The third-order valence-corrected chi connectivity index (χ3v) is 3.17. The zero-order chi connectivity index (χ0) is 15.4. The highest BCUT2D eigenvalue weighted by Gasteiger charge is 2.10. The van der Waals surface area contributed by atoms with Crippen molar-refractivity contribution >= 4 is 11.7 Å². The first-order valence-electron chi connectivity index (χ1n) is 6.44. The van der Waals surface area contributed by atoms with Gasteiger partial charge in [0.2, 0.25) is 0 Å². The van der Waals surface area contributed by atoms with Gasteiger partial charge in [-0.2, -0.15) is 0 Å². The molecule has 2 rings (SSSR count). The Labute approximate surface area is 122 Å². The lowest BCUT2D eigenvalue weighted by molar-refractivity contribution is 0.0697. The van der Waals surface area contributed by atoms with Gasteiger partial charge in [-0.3, -0.25) is 0 Å². The molecule has 2 aromatic carbocycles. The van der Waals surface area contributed by atoms with Gasteiger partial charge in [-0.25, -0.2) is 9.18 Å². The second kappa shape index (κ2) is 6.26. The van der Waals surface area contributed by atoms with Crippen LogP contribution in [-0.2, 0) is 0 Å². The van der Waals surface area contributed by atoms with E-state index in [1.54, 1.807) is 30.3 Å². The fourth-order valence-corrected chi connectivity index (χ4v) is 2.03. The van der Waals surface area contributed by atoms with E-state index in [4.69, 9.17) is 9.84 Å². The molecule has 0 aliphatic carbocycles. The summed E-state index contributed by atoms with van der Waals surface area (Å²) in [5.41, 5.74) is 1.61. The third-order valence-electron chi connectivity index (χ3n) is 3.17. The van der Waals surface area contributed by atoms with E-state index in [0.717, 1.165) is 5.56 Å². The van der Waals surface area contributed by atoms with Crippen LogP contribution in [0.4, 0.5) is 10.1 Å². The normalized spacial score (nSPS) is 11.8. The zero-order valence-corrected chi connectivity index (χ0v) is 11.8. The Morgan fingerprint density at radius 2 is 2.05 bits per heavy atom. The first-order chi connectivity index (χ1) is 10.0. The summed E-state index contributed by atoms with van der Waals surface area (Å²) in [4.78, 5) is 10.9. The Morgan fingerprint density at radius 1 is 1.29 bits per heavy atom. The monoisotopic (exact) mass is 289 g/mol. The topological polar surface area (TPSA) is 58.6 Å². The Morgan fingerprint density at radius 3 is 2.67 bits per heavy atom. The van der Waals surface area contributed by atoms with Crippen LogP contribution in [0.2, 0.25) is 0 Å². The van der Waals surface area contributed by atoms with Gasteiger partial charge in [0.25, 0.3) is 0 Å². The van der Waals surface area contributed by atoms with E-state index in [0.29, 0.717) is 5.69 Å². The van der Waals surface area contributed by atoms with E-state index in [9.17, 15) is 9.18 Å². The molecule has 0 amide bonds. The molecule has 2 N–H and O–H groups in total. The Balaban J connectivity index is 2.17. The summed E-state index contributed by atoms with van der Waals surface area (Å²) in [5, 5.41) is 12.1. The number of aromatic carboxylic acids is 1. The number of ether oxygens (including phenoxy) is 1. The van der Waals surface area contributed by atoms with Gasteiger partial charge in [0.05, 0.1) is 12.7 Å². The molecule has 0 saturated carbocycles. The molecule has 0 fully saturated rings. The molecular formula is C16H16FNO3. The van der Waals surface area contributed by atoms with Crippen LogP contribution in [0.3, 0.4) is 0 Å². The molecule has 0 bridgehead atoms. The maximum absolute atomic E-state index is 13.7. The maximum Gasteiger partial charge on any atom is 0.335 e. The number of rotatable bonds is 5. The number of nitrogens with one attached hydrogen (secondary N) is 1. The molecule has 21 heavy (non-hydrogen) atoms. The van der Waals surface area contributed by atoms with E-state index >= 15 is 0 Å². The highest BCUT2D eigenvalue weighted by molar-refractivity contribution is 5.88. The molecule has 0 radical (unpaired) electrons. The number of carboxylic acids is 1. The van der Waals surface area contributed by atoms with Crippen molar-refractivity contribution in [3.05, 3.63) is 59.4 Å². The average molecular weight is 289 g/mol. The van der Waals surface area contributed by atoms with E-state index in [-0.39, 0.29) is 17.4 Å². The van der Waals surface area contributed by atoms with Gasteiger partial charge < -0.3 is 15.2 Å². The quantitative estimate of drug-likeness (QED) is 0.881. The summed E-state index contributed by atoms with van der Waals surface area (Å²) >= 11 is 0. The molecule has 0 aliphatic heterocycles. The van der Waals surface area contributed by atoms with E-state index in [1.165, 1.54) is 19.2 Å². The number of halogens is 1. The molecule has 0 aromatic heterocycles. The van der Waals surface area contributed by atoms with E-state index in [2.05, 4.69) is 5.32 Å². The second-order valence-electron chi connectivity index (χ2n) is 4.65. The molecule has 0 saturated heterocycles. The van der Waals surface area contributed by atoms with Crippen molar-refractivity contribution in [1.82, 2.24) is 0 Å². The molecular weight excluding hydrogens is 273 g/mol. The summed E-state index contributed by atoms with van der Waals surface area (Å²) in [6.45, 7) is 1.87. The minimum atomic E-state index is -0.984. The Bertz CT molecular complexity index is 658. The van der Waals surface area contributed by atoms with Gasteiger partial charge >= 0.3 is 5.97 Å². The number of anilines is 1. The number of benzene rings is 2. The van der Waals surface area contributed by atoms with Crippen LogP contribution in [0.5, 0.6) is 5.75 Å². The van der Waals surface area contributed by atoms with Gasteiger partial charge in [0, 0.05) is 11.7 Å². The van der Waals surface area contributed by atoms with Crippen molar-refractivity contribution < 1.29 is 19.0 Å². The highest BCUT2D eigenvalue weighted by Crippen LogP contribution is 2.24. The lowest BCUT2D eigenvalue weighted by atomic mass is 10.1. The van der Waals surface area contributed by atoms with E-state index < -0.39 is 11.8 Å². The Hall–Kier alpha value is -2.56. The van der Waals surface area contributed by atoms with Crippen LogP contribution in [0.1, 0.15) is 28.9 Å². The van der Waals surface area contributed by atoms with Crippen molar-refractivity contribution in [2.45, 2.75) is 13.0 Å². The zero-order valence-electron chi connectivity index (χ0n) is 11.8. The van der Waals surface area contributed by atoms with Gasteiger partial charge in [0.15, 0.2) is 11.6 Å². The first kappa shape index (κ1) is 14.8. The standard InChI is InChI=1S/C16H16FNO3/c1-10(11-6-7-15(21-2)14(17)9-11)18-13-5-3-4-12(8-13)16(19)20/h3-10,18H,1-2H3,(H,19,20). The SMILES string of the molecule is COc1ccc(C(C)Nc2cccc(C(=O)O)c2)cc1F. The Kier molecular flexibility index (Phi) is 4.42. The van der Waals surface area contributed by atoms with Crippen molar-refractivity contribution in [1.29, 1.82) is 0 Å². The van der Waals surface area contributed by atoms with Crippen LogP contribution in [0.25, 0.3) is 0 Å². The van der Waals surface area contributed by atoms with Gasteiger partial charge in [0.1, 0.15) is 0 Å². The van der Waals surface area contributed by atoms with Crippen LogP contribution in [-0.4, -0.2) is 18.2 Å². The van der Waals surface area contributed by atoms with Crippen molar-refractivity contribution in [3.63, 3.8) is 0 Å². The molecule has 1 unspecified atom stereocenters. The second-order valence-corrected chi connectivity index (χ2v) is 4.65. The summed E-state index contributed by atoms with van der Waals surface area (Å²) < 4.78 is 18.6. The molecule has 2 aromatic rings. The fraction of sp³-hybridized carbons (Fsp3) is 0.188. The molecule has 0 aliphatic rings. The predicted molar refractivity (Wildman–Crippen MR) is 78.4 cm³/mol. The number of carbonyl (C=O) groups is 1. The molecule has 5 heteroatoms. The minimum absolute atomic E-state index is 0.172. The van der Waals surface area contributed by atoms with Crippen LogP contribution < -0.4 is 10.1 Å². The largest absolute Gasteiger partial charge is 0.494 e. The highest BCUT2D eigenvalue weighted by atomic mass is 19.1. The van der Waals surface area contributed by atoms with Crippen molar-refractivity contribution in [3.8, 4) is 5.75 Å². The van der Waals surface area contributed by atoms with Crippen LogP contribution in [0, 0.1) is 5.82 Å². The summed E-state index contributed by atoms with van der Waals surface area (Å²) in [6, 6.07) is 11.0. The van der Waals surface area contributed by atoms with Gasteiger partial charge in [-0.05, 0) is 42.8 Å². The van der Waals surface area contributed by atoms with Crippen molar-refractivity contribution in [2.75, 3.05) is 12.4 Å². The van der Waals surface area contributed by atoms with Crippen LogP contribution in [0.15, 0.2) is 42.5 Å². The maximum atomic E-state index is 13.7. The molecule has 1 atom stereocenters. The molecule has 0 heterocycles. The molecule has 110 valence electrons. The molecule has 4 nitrogen and oxygen atoms in total.